The Labute approximate surface area is 403 Å². The molecule has 69 heavy (non-hydrogen) atoms. The van der Waals surface area contributed by atoms with Crippen LogP contribution in [0.15, 0.2) is 271 Å². The molecule has 0 radical (unpaired) electrons. The number of hydrogen-bond donors (Lipinski definition) is 0. The van der Waals surface area contributed by atoms with Crippen LogP contribution in [0.1, 0.15) is 5.56 Å². The zero-order chi connectivity index (χ0) is 45.9. The first-order valence-electron chi connectivity index (χ1n) is 23.8. The van der Waals surface area contributed by atoms with Gasteiger partial charge in [0.25, 0.3) is 0 Å². The maximum atomic E-state index is 6.68. The molecule has 3 heteroatoms. The van der Waals surface area contributed by atoms with Crippen molar-refractivity contribution < 1.29 is 4.42 Å². The van der Waals surface area contributed by atoms with Gasteiger partial charge in [-0.2, -0.15) is 0 Å². The molecule has 2 heterocycles. The van der Waals surface area contributed by atoms with E-state index < -0.39 is 0 Å². The standard InChI is InChI=1S/C66H48N2O/c1-2-17-44-67(62-36-13-7-24-49(62)23-4-1)63-37-14-10-31-57(63)56-30-9-8-29-55(56)48-40-42-53(43-41-48)68(54-28-19-27-52(46-54)51-26-18-25-50(45-51)47-21-5-3-6-22-47)64-38-15-11-32-58(64)60-34-20-35-61-59-33-12-16-39-65(59)69-66(60)61/h1-22,24-43,45-46H,23,44H2/b4-1-,17-2-. The van der Waals surface area contributed by atoms with Gasteiger partial charge in [-0.15, -0.1) is 0 Å². The van der Waals surface area contributed by atoms with Gasteiger partial charge in [0.2, 0.25) is 0 Å². The van der Waals surface area contributed by atoms with E-state index in [9.17, 15) is 0 Å². The summed E-state index contributed by atoms with van der Waals surface area (Å²) in [6.45, 7) is 0.761. The van der Waals surface area contributed by atoms with Crippen molar-refractivity contribution in [3.8, 4) is 55.6 Å². The van der Waals surface area contributed by atoms with Crippen LogP contribution in [0.2, 0.25) is 0 Å². The third kappa shape index (κ3) is 8.00. The zero-order valence-corrected chi connectivity index (χ0v) is 38.1. The van der Waals surface area contributed by atoms with Gasteiger partial charge < -0.3 is 14.2 Å². The summed E-state index contributed by atoms with van der Waals surface area (Å²) in [5.74, 6) is 0. The summed E-state index contributed by atoms with van der Waals surface area (Å²) in [5, 5.41) is 2.22. The van der Waals surface area contributed by atoms with Gasteiger partial charge in [-0.25, -0.2) is 0 Å². The van der Waals surface area contributed by atoms with Crippen molar-refractivity contribution in [1.82, 2.24) is 0 Å². The van der Waals surface area contributed by atoms with Crippen molar-refractivity contribution >= 4 is 50.4 Å². The zero-order valence-electron chi connectivity index (χ0n) is 38.1. The maximum Gasteiger partial charge on any atom is 0.143 e. The number of para-hydroxylation sites is 5. The van der Waals surface area contributed by atoms with Crippen molar-refractivity contribution in [2.45, 2.75) is 6.42 Å². The number of furan rings is 1. The molecule has 0 amide bonds. The van der Waals surface area contributed by atoms with Gasteiger partial charge in [0, 0.05) is 56.8 Å². The van der Waals surface area contributed by atoms with E-state index in [-0.39, 0.29) is 0 Å². The molecule has 3 nitrogen and oxygen atoms in total. The summed E-state index contributed by atoms with van der Waals surface area (Å²) >= 11 is 0. The highest BCUT2D eigenvalue weighted by molar-refractivity contribution is 6.11. The molecule has 11 aromatic rings. The monoisotopic (exact) mass is 884 g/mol. The quantitative estimate of drug-likeness (QED) is 0.144. The van der Waals surface area contributed by atoms with E-state index in [0.29, 0.717) is 0 Å². The van der Waals surface area contributed by atoms with Gasteiger partial charge >= 0.3 is 0 Å². The molecule has 0 unspecified atom stereocenters. The molecule has 10 aromatic carbocycles. The van der Waals surface area contributed by atoms with Crippen LogP contribution in [0.4, 0.5) is 28.4 Å². The van der Waals surface area contributed by atoms with Crippen molar-refractivity contribution in [3.05, 3.63) is 273 Å². The lowest BCUT2D eigenvalue weighted by Crippen LogP contribution is -2.19. The van der Waals surface area contributed by atoms with Gasteiger partial charge in [-0.3, -0.25) is 0 Å². The summed E-state index contributed by atoms with van der Waals surface area (Å²) in [4.78, 5) is 4.86. The van der Waals surface area contributed by atoms with Gasteiger partial charge in [-0.05, 0) is 106 Å². The lowest BCUT2D eigenvalue weighted by molar-refractivity contribution is 0.670. The predicted molar refractivity (Wildman–Crippen MR) is 291 cm³/mol. The van der Waals surface area contributed by atoms with Gasteiger partial charge in [-0.1, -0.05) is 212 Å². The summed E-state index contributed by atoms with van der Waals surface area (Å²) in [6, 6.07) is 87.5. The molecule has 0 fully saturated rings. The molecule has 0 aliphatic carbocycles. The third-order valence-electron chi connectivity index (χ3n) is 13.4. The topological polar surface area (TPSA) is 19.6 Å². The summed E-state index contributed by atoms with van der Waals surface area (Å²) in [6.07, 6.45) is 9.70. The molecule has 1 aliphatic heterocycles. The molecule has 0 N–H and O–H groups in total. The first kappa shape index (κ1) is 41.5. The van der Waals surface area contributed by atoms with Crippen LogP contribution in [0, 0.1) is 0 Å². The van der Waals surface area contributed by atoms with E-state index in [2.05, 4.69) is 271 Å². The number of fused-ring (bicyclic) bond motifs is 4. The highest BCUT2D eigenvalue weighted by atomic mass is 16.3. The molecule has 0 saturated carbocycles. The second kappa shape index (κ2) is 18.4. The van der Waals surface area contributed by atoms with Crippen LogP contribution >= 0.6 is 0 Å². The van der Waals surface area contributed by atoms with E-state index in [1.54, 1.807) is 0 Å². The van der Waals surface area contributed by atoms with Crippen molar-refractivity contribution in [2.75, 3.05) is 16.3 Å². The molecule has 0 atom stereocenters. The van der Waals surface area contributed by atoms with Crippen molar-refractivity contribution in [1.29, 1.82) is 0 Å². The fraction of sp³-hybridized carbons (Fsp3) is 0.0303. The van der Waals surface area contributed by atoms with Crippen LogP contribution < -0.4 is 9.80 Å². The molecular formula is C66H48N2O. The fourth-order valence-electron chi connectivity index (χ4n) is 10.1. The van der Waals surface area contributed by atoms with Crippen LogP contribution in [-0.4, -0.2) is 6.54 Å². The molecule has 12 rings (SSSR count). The molecule has 0 saturated heterocycles. The molecule has 0 bridgehead atoms. The molecule has 328 valence electrons. The molecular weight excluding hydrogens is 837 g/mol. The number of anilines is 5. The molecule has 0 spiro atoms. The second-order valence-corrected chi connectivity index (χ2v) is 17.5. The Morgan fingerprint density at radius 1 is 0.362 bits per heavy atom. The van der Waals surface area contributed by atoms with E-state index >= 15 is 0 Å². The Morgan fingerprint density at radius 3 is 1.81 bits per heavy atom. The van der Waals surface area contributed by atoms with Crippen molar-refractivity contribution in [3.63, 3.8) is 0 Å². The van der Waals surface area contributed by atoms with Crippen LogP contribution in [0.25, 0.3) is 77.6 Å². The lowest BCUT2D eigenvalue weighted by Gasteiger charge is -2.29. The van der Waals surface area contributed by atoms with E-state index in [1.165, 1.54) is 44.8 Å². The number of allylic oxidation sites excluding steroid dienone is 3. The summed E-state index contributed by atoms with van der Waals surface area (Å²) < 4.78 is 6.68. The smallest absolute Gasteiger partial charge is 0.143 e. The maximum absolute atomic E-state index is 6.68. The summed E-state index contributed by atoms with van der Waals surface area (Å²) in [7, 11) is 0. The fourth-order valence-corrected chi connectivity index (χ4v) is 10.1. The first-order chi connectivity index (χ1) is 34.2. The molecule has 1 aliphatic rings. The average molecular weight is 885 g/mol. The summed E-state index contributed by atoms with van der Waals surface area (Å²) in [5.41, 5.74) is 20.1. The Hall–Kier alpha value is -8.92. The third-order valence-corrected chi connectivity index (χ3v) is 13.4. The Kier molecular flexibility index (Phi) is 11.1. The van der Waals surface area contributed by atoms with E-state index in [4.69, 9.17) is 4.42 Å². The first-order valence-corrected chi connectivity index (χ1v) is 23.8. The SMILES string of the molecule is C1=C\Cc2ccccc2N(c2ccccc2-c2ccccc2-c2ccc(N(c3cccc(-c4cccc(-c5ccccc5)c4)c3)c3ccccc3-c3cccc4c3oc3ccccc34)cc2)C\C=C/1. The van der Waals surface area contributed by atoms with Crippen LogP contribution in [-0.2, 0) is 6.42 Å². The van der Waals surface area contributed by atoms with Crippen molar-refractivity contribution in [2.24, 2.45) is 0 Å². The Bertz CT molecular complexity index is 3690. The minimum absolute atomic E-state index is 0.761. The predicted octanol–water partition coefficient (Wildman–Crippen LogP) is 18.2. The molecule has 1 aromatic heterocycles. The Balaban J connectivity index is 0.986. The average Bonchev–Trinajstić information content (AvgIpc) is 3.85. The number of benzene rings is 10. The largest absolute Gasteiger partial charge is 0.455 e. The highest BCUT2D eigenvalue weighted by Crippen LogP contribution is 2.46. The number of rotatable bonds is 9. The van der Waals surface area contributed by atoms with E-state index in [0.717, 1.165) is 79.8 Å². The second-order valence-electron chi connectivity index (χ2n) is 17.5. The number of nitrogens with zero attached hydrogens (tertiary/aromatic N) is 2. The minimum atomic E-state index is 0.761. The minimum Gasteiger partial charge on any atom is -0.455 e. The van der Waals surface area contributed by atoms with Gasteiger partial charge in [0.05, 0.1) is 5.69 Å². The number of hydrogen-bond acceptors (Lipinski definition) is 3. The van der Waals surface area contributed by atoms with E-state index in [1.807, 2.05) is 6.07 Å². The van der Waals surface area contributed by atoms with Crippen LogP contribution in [0.3, 0.4) is 0 Å². The Morgan fingerprint density at radius 2 is 0.957 bits per heavy atom. The van der Waals surface area contributed by atoms with Crippen LogP contribution in [0.5, 0.6) is 0 Å². The van der Waals surface area contributed by atoms with Gasteiger partial charge in [0.1, 0.15) is 11.2 Å². The lowest BCUT2D eigenvalue weighted by atomic mass is 9.92. The van der Waals surface area contributed by atoms with Gasteiger partial charge in [0.15, 0.2) is 0 Å². The highest BCUT2D eigenvalue weighted by Gasteiger charge is 2.23. The normalized spacial score (nSPS) is 13.3.